The van der Waals surface area contributed by atoms with Crippen molar-refractivity contribution in [1.82, 2.24) is 0 Å². The molecule has 18 heavy (non-hydrogen) atoms. The smallest absolute Gasteiger partial charge is 0.127 e. The van der Waals surface area contributed by atoms with Crippen LogP contribution in [0.5, 0.6) is 11.5 Å². The van der Waals surface area contributed by atoms with Gasteiger partial charge in [0.25, 0.3) is 0 Å². The highest BCUT2D eigenvalue weighted by Gasteiger charge is 2.49. The van der Waals surface area contributed by atoms with Crippen LogP contribution < -0.4 is 15.2 Å². The van der Waals surface area contributed by atoms with Crippen molar-refractivity contribution in [1.29, 1.82) is 0 Å². The second-order valence-electron chi connectivity index (χ2n) is 5.68. The van der Waals surface area contributed by atoms with Crippen molar-refractivity contribution < 1.29 is 9.47 Å². The molecule has 1 spiro atoms. The zero-order valence-corrected chi connectivity index (χ0v) is 10.9. The van der Waals surface area contributed by atoms with Crippen LogP contribution in [0, 0.1) is 5.41 Å². The van der Waals surface area contributed by atoms with Gasteiger partial charge in [-0.05, 0) is 37.2 Å². The van der Waals surface area contributed by atoms with Crippen LogP contribution in [0.25, 0.3) is 0 Å². The van der Waals surface area contributed by atoms with E-state index in [9.17, 15) is 0 Å². The molecule has 2 aliphatic rings. The Morgan fingerprint density at radius 1 is 1.33 bits per heavy atom. The van der Waals surface area contributed by atoms with Gasteiger partial charge in [-0.1, -0.05) is 12.5 Å². The van der Waals surface area contributed by atoms with Gasteiger partial charge in [0.05, 0.1) is 13.2 Å². The van der Waals surface area contributed by atoms with Crippen molar-refractivity contribution in [3.8, 4) is 11.5 Å². The maximum absolute atomic E-state index is 6.09. The van der Waals surface area contributed by atoms with E-state index < -0.39 is 0 Å². The van der Waals surface area contributed by atoms with Crippen LogP contribution in [0.1, 0.15) is 37.7 Å². The number of nitrogens with two attached hydrogens (primary N) is 1. The Balaban J connectivity index is 1.68. The lowest BCUT2D eigenvalue weighted by molar-refractivity contribution is -0.0684. The van der Waals surface area contributed by atoms with Gasteiger partial charge >= 0.3 is 0 Å². The van der Waals surface area contributed by atoms with Crippen molar-refractivity contribution in [3.05, 3.63) is 23.8 Å². The minimum atomic E-state index is 0.378. The van der Waals surface area contributed by atoms with Gasteiger partial charge in [-0.15, -0.1) is 0 Å². The Morgan fingerprint density at radius 3 is 2.67 bits per heavy atom. The summed E-state index contributed by atoms with van der Waals surface area (Å²) in [5, 5.41) is 0. The minimum Gasteiger partial charge on any atom is -0.497 e. The summed E-state index contributed by atoms with van der Waals surface area (Å²) in [6.45, 7) is 0.511. The zero-order chi connectivity index (χ0) is 12.6. The molecular weight excluding hydrogens is 226 g/mol. The van der Waals surface area contributed by atoms with Crippen LogP contribution >= 0.6 is 0 Å². The fourth-order valence-corrected chi connectivity index (χ4v) is 3.19. The molecule has 0 aliphatic heterocycles. The van der Waals surface area contributed by atoms with Gasteiger partial charge in [0.2, 0.25) is 0 Å². The average molecular weight is 247 g/mol. The maximum Gasteiger partial charge on any atom is 0.127 e. The molecule has 3 nitrogen and oxygen atoms in total. The van der Waals surface area contributed by atoms with Crippen LogP contribution in [0.15, 0.2) is 18.2 Å². The summed E-state index contributed by atoms with van der Waals surface area (Å²) in [6.07, 6.45) is 7.01. The molecule has 0 saturated heterocycles. The Labute approximate surface area is 108 Å². The molecule has 2 fully saturated rings. The van der Waals surface area contributed by atoms with Crippen molar-refractivity contribution >= 4 is 0 Å². The molecule has 0 bridgehead atoms. The summed E-state index contributed by atoms with van der Waals surface area (Å²) in [5.74, 6) is 1.73. The molecule has 0 heterocycles. The maximum atomic E-state index is 6.09. The average Bonchev–Trinajstić information content (AvgIpc) is 2.30. The first-order valence-corrected chi connectivity index (χ1v) is 6.78. The number of hydrogen-bond donors (Lipinski definition) is 1. The number of methoxy groups -OCH3 is 1. The van der Waals surface area contributed by atoms with Crippen LogP contribution in [-0.2, 0) is 6.54 Å². The number of ether oxygens (including phenoxy) is 2. The van der Waals surface area contributed by atoms with E-state index in [4.69, 9.17) is 15.2 Å². The summed E-state index contributed by atoms with van der Waals surface area (Å²) in [7, 11) is 1.67. The van der Waals surface area contributed by atoms with Gasteiger partial charge in [-0.25, -0.2) is 0 Å². The van der Waals surface area contributed by atoms with Gasteiger partial charge in [0, 0.05) is 18.2 Å². The molecule has 2 saturated carbocycles. The highest BCUT2D eigenvalue weighted by molar-refractivity contribution is 5.41. The van der Waals surface area contributed by atoms with Gasteiger partial charge in [-0.3, -0.25) is 0 Å². The van der Waals surface area contributed by atoms with Crippen molar-refractivity contribution in [2.24, 2.45) is 11.1 Å². The second-order valence-corrected chi connectivity index (χ2v) is 5.68. The van der Waals surface area contributed by atoms with Crippen molar-refractivity contribution in [2.45, 2.75) is 44.8 Å². The Morgan fingerprint density at radius 2 is 2.11 bits per heavy atom. The fraction of sp³-hybridized carbons (Fsp3) is 0.600. The summed E-state index contributed by atoms with van der Waals surface area (Å²) in [4.78, 5) is 0. The lowest BCUT2D eigenvalue weighted by atomic mass is 9.55. The highest BCUT2D eigenvalue weighted by atomic mass is 16.5. The standard InChI is InChI=1S/C15H21NO2/c1-17-12-4-3-11(10-16)14(7-12)18-13-8-15(9-13)5-2-6-15/h3-4,7,13H,2,5-6,8-10,16H2,1H3. The summed E-state index contributed by atoms with van der Waals surface area (Å²) >= 11 is 0. The Hall–Kier alpha value is -1.22. The number of hydrogen-bond acceptors (Lipinski definition) is 3. The molecule has 2 aliphatic carbocycles. The second kappa shape index (κ2) is 4.47. The lowest BCUT2D eigenvalue weighted by Crippen LogP contribution is -2.48. The first kappa shape index (κ1) is 11.8. The molecule has 0 unspecified atom stereocenters. The largest absolute Gasteiger partial charge is 0.497 e. The molecule has 1 aromatic carbocycles. The lowest BCUT2D eigenvalue weighted by Gasteiger charge is -2.53. The van der Waals surface area contributed by atoms with Crippen LogP contribution in [0.2, 0.25) is 0 Å². The number of rotatable bonds is 4. The van der Waals surface area contributed by atoms with Crippen LogP contribution in [-0.4, -0.2) is 13.2 Å². The third-order valence-corrected chi connectivity index (χ3v) is 4.52. The molecule has 0 aromatic heterocycles. The van der Waals surface area contributed by atoms with E-state index in [2.05, 4.69) is 0 Å². The predicted molar refractivity (Wildman–Crippen MR) is 70.8 cm³/mol. The fourth-order valence-electron chi connectivity index (χ4n) is 3.19. The molecule has 1 aromatic rings. The van der Waals surface area contributed by atoms with E-state index in [0.717, 1.165) is 17.1 Å². The molecule has 98 valence electrons. The van der Waals surface area contributed by atoms with E-state index in [1.54, 1.807) is 7.11 Å². The normalized spacial score (nSPS) is 21.2. The van der Waals surface area contributed by atoms with Crippen LogP contribution in [0.4, 0.5) is 0 Å². The van der Waals surface area contributed by atoms with Crippen molar-refractivity contribution in [3.63, 3.8) is 0 Å². The summed E-state index contributed by atoms with van der Waals surface area (Å²) < 4.78 is 11.3. The first-order valence-electron chi connectivity index (χ1n) is 6.78. The van der Waals surface area contributed by atoms with E-state index in [1.165, 1.54) is 32.1 Å². The zero-order valence-electron chi connectivity index (χ0n) is 10.9. The number of benzene rings is 1. The van der Waals surface area contributed by atoms with Crippen LogP contribution in [0.3, 0.4) is 0 Å². The predicted octanol–water partition coefficient (Wildman–Crippen LogP) is 2.87. The molecule has 3 rings (SSSR count). The van der Waals surface area contributed by atoms with Crippen molar-refractivity contribution in [2.75, 3.05) is 7.11 Å². The third-order valence-electron chi connectivity index (χ3n) is 4.52. The summed E-state index contributed by atoms with van der Waals surface area (Å²) in [6, 6.07) is 5.88. The van der Waals surface area contributed by atoms with E-state index >= 15 is 0 Å². The molecule has 0 amide bonds. The van der Waals surface area contributed by atoms with Gasteiger partial charge in [-0.2, -0.15) is 0 Å². The first-order chi connectivity index (χ1) is 8.74. The quantitative estimate of drug-likeness (QED) is 0.889. The van der Waals surface area contributed by atoms with E-state index in [0.29, 0.717) is 18.1 Å². The molecule has 2 N–H and O–H groups in total. The SMILES string of the molecule is COc1ccc(CN)c(OC2CC3(CCC3)C2)c1. The van der Waals surface area contributed by atoms with E-state index in [1.807, 2.05) is 18.2 Å². The topological polar surface area (TPSA) is 44.5 Å². The summed E-state index contributed by atoms with van der Waals surface area (Å²) in [5.41, 5.74) is 7.45. The van der Waals surface area contributed by atoms with E-state index in [-0.39, 0.29) is 0 Å². The van der Waals surface area contributed by atoms with Gasteiger partial charge in [0.15, 0.2) is 0 Å². The van der Waals surface area contributed by atoms with Gasteiger partial charge in [0.1, 0.15) is 11.5 Å². The minimum absolute atomic E-state index is 0.378. The van der Waals surface area contributed by atoms with Gasteiger partial charge < -0.3 is 15.2 Å². The highest BCUT2D eigenvalue weighted by Crippen LogP contribution is 2.56. The monoisotopic (exact) mass is 247 g/mol. The molecule has 0 atom stereocenters. The molecule has 3 heteroatoms. The molecular formula is C15H21NO2. The molecule has 0 radical (unpaired) electrons. The Bertz CT molecular complexity index is 432. The Kier molecular flexibility index (Phi) is 2.94. The third kappa shape index (κ3) is 1.97.